The van der Waals surface area contributed by atoms with Gasteiger partial charge in [-0.05, 0) is 12.8 Å². The third-order valence-electron chi connectivity index (χ3n) is 4.27. The first-order valence-corrected chi connectivity index (χ1v) is 8.74. The third kappa shape index (κ3) is 3.81. The molecule has 6 heteroatoms. The lowest BCUT2D eigenvalue weighted by Gasteiger charge is -2.08. The maximum absolute atomic E-state index is 5.09. The topological polar surface area (TPSA) is 75.7 Å². The largest absolute Gasteiger partial charge is 0.381 e. The molecule has 132 valence electrons. The normalized spacial score (nSPS) is 14.0. The Bertz CT molecular complexity index is 900. The van der Waals surface area contributed by atoms with Gasteiger partial charge in [-0.25, -0.2) is 9.97 Å². The Kier molecular flexibility index (Phi) is 4.75. The molecule has 0 amide bonds. The molecule has 3 aromatic rings. The molecular formula is C20H21N5O. The molecule has 1 aliphatic carbocycles. The summed E-state index contributed by atoms with van der Waals surface area (Å²) >= 11 is 0. The summed E-state index contributed by atoms with van der Waals surface area (Å²) < 4.78 is 5.09. The van der Waals surface area contributed by atoms with Gasteiger partial charge in [0.15, 0.2) is 11.6 Å². The minimum atomic E-state index is 0.536. The van der Waals surface area contributed by atoms with Crippen LogP contribution in [0.4, 0.5) is 11.6 Å². The Morgan fingerprint density at radius 1 is 1.27 bits per heavy atom. The Morgan fingerprint density at radius 3 is 2.88 bits per heavy atom. The monoisotopic (exact) mass is 347 g/mol. The van der Waals surface area contributed by atoms with E-state index in [0.29, 0.717) is 18.3 Å². The highest BCUT2D eigenvalue weighted by Gasteiger charge is 2.25. The summed E-state index contributed by atoms with van der Waals surface area (Å²) in [6, 6.07) is 12.0. The highest BCUT2D eigenvalue weighted by atomic mass is 16.5. The first-order valence-electron chi connectivity index (χ1n) is 8.74. The highest BCUT2D eigenvalue weighted by Crippen LogP contribution is 2.39. The van der Waals surface area contributed by atoms with Gasteiger partial charge in [0, 0.05) is 42.1 Å². The second-order valence-corrected chi connectivity index (χ2v) is 6.33. The number of aromatic amines is 1. The van der Waals surface area contributed by atoms with Crippen LogP contribution >= 0.6 is 0 Å². The first-order chi connectivity index (χ1) is 12.8. The van der Waals surface area contributed by atoms with Crippen LogP contribution in [0.3, 0.4) is 0 Å². The Balaban J connectivity index is 1.65. The molecule has 0 bridgehead atoms. The summed E-state index contributed by atoms with van der Waals surface area (Å²) in [4.78, 5) is 9.22. The molecule has 2 N–H and O–H groups in total. The SMILES string of the molecule is COCC=Cc1cnc(-c2ccccc2)nc1Nc1cc(C2CC2)[nH]n1. The molecule has 1 fully saturated rings. The van der Waals surface area contributed by atoms with Crippen LogP contribution < -0.4 is 5.32 Å². The predicted molar refractivity (Wildman–Crippen MR) is 102 cm³/mol. The number of methoxy groups -OCH3 is 1. The van der Waals surface area contributed by atoms with E-state index in [4.69, 9.17) is 9.72 Å². The van der Waals surface area contributed by atoms with Crippen molar-refractivity contribution in [3.8, 4) is 11.4 Å². The van der Waals surface area contributed by atoms with Crippen LogP contribution in [0.15, 0.2) is 48.7 Å². The molecule has 6 nitrogen and oxygen atoms in total. The Labute approximate surface area is 152 Å². The van der Waals surface area contributed by atoms with Gasteiger partial charge in [-0.15, -0.1) is 0 Å². The van der Waals surface area contributed by atoms with Crippen molar-refractivity contribution >= 4 is 17.7 Å². The van der Waals surface area contributed by atoms with Crippen molar-refractivity contribution in [1.29, 1.82) is 0 Å². The van der Waals surface area contributed by atoms with Gasteiger partial charge in [0.2, 0.25) is 0 Å². The van der Waals surface area contributed by atoms with Gasteiger partial charge in [-0.2, -0.15) is 5.10 Å². The lowest BCUT2D eigenvalue weighted by Crippen LogP contribution is -2.00. The average Bonchev–Trinajstić information content (AvgIpc) is 3.43. The summed E-state index contributed by atoms with van der Waals surface area (Å²) in [7, 11) is 1.67. The van der Waals surface area contributed by atoms with Crippen LogP contribution in [-0.2, 0) is 4.74 Å². The molecule has 1 saturated carbocycles. The number of rotatable bonds is 7. The molecule has 0 unspecified atom stereocenters. The first kappa shape index (κ1) is 16.5. The molecule has 0 spiro atoms. The van der Waals surface area contributed by atoms with Crippen LogP contribution in [0.2, 0.25) is 0 Å². The van der Waals surface area contributed by atoms with Crippen molar-refractivity contribution in [3.05, 3.63) is 59.9 Å². The number of nitrogens with one attached hydrogen (secondary N) is 2. The van der Waals surface area contributed by atoms with Gasteiger partial charge >= 0.3 is 0 Å². The van der Waals surface area contributed by atoms with Gasteiger partial charge < -0.3 is 10.1 Å². The molecule has 0 aliphatic heterocycles. The Morgan fingerprint density at radius 2 is 2.12 bits per heavy atom. The van der Waals surface area contributed by atoms with Gasteiger partial charge in [0.05, 0.1) is 6.61 Å². The van der Waals surface area contributed by atoms with Gasteiger partial charge in [-0.3, -0.25) is 5.10 Å². The quantitative estimate of drug-likeness (QED) is 0.671. The fourth-order valence-electron chi connectivity index (χ4n) is 2.74. The second kappa shape index (κ2) is 7.49. The lowest BCUT2D eigenvalue weighted by molar-refractivity contribution is 0.234. The number of H-pyrrole nitrogens is 1. The summed E-state index contributed by atoms with van der Waals surface area (Å²) in [5, 5.41) is 10.8. The van der Waals surface area contributed by atoms with Crippen molar-refractivity contribution in [2.45, 2.75) is 18.8 Å². The van der Waals surface area contributed by atoms with E-state index in [1.54, 1.807) is 7.11 Å². The summed E-state index contributed by atoms with van der Waals surface area (Å²) in [6.07, 6.45) is 8.18. The molecule has 0 atom stereocenters. The minimum Gasteiger partial charge on any atom is -0.381 e. The molecule has 2 aromatic heterocycles. The van der Waals surface area contributed by atoms with Crippen LogP contribution in [-0.4, -0.2) is 33.9 Å². The zero-order chi connectivity index (χ0) is 17.8. The van der Waals surface area contributed by atoms with Crippen LogP contribution in [0.25, 0.3) is 17.5 Å². The van der Waals surface area contributed by atoms with Crippen LogP contribution in [0, 0.1) is 0 Å². The number of benzene rings is 1. The number of aromatic nitrogens is 4. The Hall–Kier alpha value is -2.99. The number of hydrogen-bond acceptors (Lipinski definition) is 5. The van der Waals surface area contributed by atoms with E-state index in [1.165, 1.54) is 18.5 Å². The van der Waals surface area contributed by atoms with E-state index in [0.717, 1.165) is 22.8 Å². The molecule has 1 aromatic carbocycles. The van der Waals surface area contributed by atoms with Crippen molar-refractivity contribution in [1.82, 2.24) is 20.2 Å². The molecular weight excluding hydrogens is 326 g/mol. The van der Waals surface area contributed by atoms with Gasteiger partial charge in [0.25, 0.3) is 0 Å². The zero-order valence-corrected chi connectivity index (χ0v) is 14.6. The second-order valence-electron chi connectivity index (χ2n) is 6.33. The maximum Gasteiger partial charge on any atom is 0.161 e. The minimum absolute atomic E-state index is 0.536. The smallest absolute Gasteiger partial charge is 0.161 e. The standard InChI is InChI=1S/C20H21N5O/c1-26-11-5-8-16-13-21-19(15-6-3-2-4-7-15)23-20(16)22-18-12-17(24-25-18)14-9-10-14/h2-8,12-14H,9-11H2,1H3,(H2,21,22,23,24,25). The van der Waals surface area contributed by atoms with Gasteiger partial charge in [0.1, 0.15) is 5.82 Å². The van der Waals surface area contributed by atoms with E-state index in [-0.39, 0.29) is 0 Å². The third-order valence-corrected chi connectivity index (χ3v) is 4.27. The zero-order valence-electron chi connectivity index (χ0n) is 14.6. The molecule has 1 aliphatic rings. The summed E-state index contributed by atoms with van der Waals surface area (Å²) in [5.41, 5.74) is 3.04. The van der Waals surface area contributed by atoms with Crippen molar-refractivity contribution in [3.63, 3.8) is 0 Å². The van der Waals surface area contributed by atoms with Crippen molar-refractivity contribution in [2.75, 3.05) is 19.0 Å². The molecule has 0 saturated heterocycles. The van der Waals surface area contributed by atoms with Crippen molar-refractivity contribution < 1.29 is 4.74 Å². The van der Waals surface area contributed by atoms with E-state index >= 15 is 0 Å². The molecule has 4 rings (SSSR count). The van der Waals surface area contributed by atoms with E-state index < -0.39 is 0 Å². The number of anilines is 2. The molecule has 0 radical (unpaired) electrons. The fraction of sp³-hybridized carbons (Fsp3) is 0.250. The van der Waals surface area contributed by atoms with E-state index in [9.17, 15) is 0 Å². The average molecular weight is 347 g/mol. The maximum atomic E-state index is 5.09. The molecule has 2 heterocycles. The summed E-state index contributed by atoms with van der Waals surface area (Å²) in [6.45, 7) is 0.536. The lowest BCUT2D eigenvalue weighted by atomic mass is 10.2. The van der Waals surface area contributed by atoms with Crippen molar-refractivity contribution in [2.24, 2.45) is 0 Å². The molecule has 26 heavy (non-hydrogen) atoms. The summed E-state index contributed by atoms with van der Waals surface area (Å²) in [5.74, 6) is 2.80. The van der Waals surface area contributed by atoms with E-state index in [2.05, 4.69) is 26.6 Å². The fourth-order valence-corrected chi connectivity index (χ4v) is 2.74. The van der Waals surface area contributed by atoms with Gasteiger partial charge in [-0.1, -0.05) is 42.5 Å². The van der Waals surface area contributed by atoms with E-state index in [1.807, 2.05) is 48.7 Å². The number of nitrogens with zero attached hydrogens (tertiary/aromatic N) is 3. The number of ether oxygens (including phenoxy) is 1. The number of hydrogen-bond donors (Lipinski definition) is 2. The van der Waals surface area contributed by atoms with Crippen LogP contribution in [0.1, 0.15) is 30.0 Å². The highest BCUT2D eigenvalue weighted by molar-refractivity contribution is 5.69. The van der Waals surface area contributed by atoms with Crippen LogP contribution in [0.5, 0.6) is 0 Å². The predicted octanol–water partition coefficient (Wildman–Crippen LogP) is 4.15.